The monoisotopic (exact) mass is 431 g/mol. The quantitative estimate of drug-likeness (QED) is 0.739. The Labute approximate surface area is 188 Å². The van der Waals surface area contributed by atoms with Gasteiger partial charge in [0.2, 0.25) is 17.7 Å². The number of amides is 3. The second kappa shape index (κ2) is 8.41. The zero-order valence-electron chi connectivity index (χ0n) is 18.4. The second-order valence-electron chi connectivity index (χ2n) is 9.23. The van der Waals surface area contributed by atoms with Crippen LogP contribution < -0.4 is 10.2 Å². The number of rotatable bonds is 4. The Morgan fingerprint density at radius 3 is 2.25 bits per heavy atom. The largest absolute Gasteiger partial charge is 0.378 e. The van der Waals surface area contributed by atoms with Crippen LogP contribution in [0.3, 0.4) is 0 Å². The average molecular weight is 432 g/mol. The van der Waals surface area contributed by atoms with Crippen molar-refractivity contribution >= 4 is 29.1 Å². The van der Waals surface area contributed by atoms with Gasteiger partial charge in [0.05, 0.1) is 17.9 Å². The maximum Gasteiger partial charge on any atom is 0.247 e. The number of nitrogens with one attached hydrogen (secondary N) is 1. The predicted octanol–water partition coefficient (Wildman–Crippen LogP) is 4.14. The fraction of sp³-hybridized carbons (Fsp3) is 0.423. The fourth-order valence-corrected chi connectivity index (χ4v) is 5.66. The van der Waals surface area contributed by atoms with Gasteiger partial charge in [0.1, 0.15) is 6.54 Å². The maximum atomic E-state index is 13.4. The third kappa shape index (κ3) is 3.57. The molecule has 0 radical (unpaired) electrons. The Morgan fingerprint density at radius 1 is 0.938 bits per heavy atom. The van der Waals surface area contributed by atoms with Crippen molar-refractivity contribution in [2.24, 2.45) is 11.8 Å². The third-order valence-corrected chi connectivity index (χ3v) is 7.20. The lowest BCUT2D eigenvalue weighted by Crippen LogP contribution is -2.49. The third-order valence-electron chi connectivity index (χ3n) is 7.20. The van der Waals surface area contributed by atoms with E-state index in [9.17, 15) is 14.4 Å². The van der Waals surface area contributed by atoms with Crippen molar-refractivity contribution in [3.8, 4) is 0 Å². The molecule has 1 aliphatic carbocycles. The highest BCUT2D eigenvalue weighted by Crippen LogP contribution is 2.40. The van der Waals surface area contributed by atoms with Crippen LogP contribution in [0.1, 0.15) is 50.6 Å². The molecule has 0 spiro atoms. The molecule has 3 aliphatic rings. The van der Waals surface area contributed by atoms with E-state index in [1.807, 2.05) is 61.5 Å². The highest BCUT2D eigenvalue weighted by atomic mass is 16.2. The van der Waals surface area contributed by atoms with Gasteiger partial charge in [0, 0.05) is 17.4 Å². The van der Waals surface area contributed by atoms with Crippen molar-refractivity contribution in [3.05, 3.63) is 60.2 Å². The molecular weight excluding hydrogens is 402 g/mol. The van der Waals surface area contributed by atoms with E-state index in [1.54, 1.807) is 4.90 Å². The van der Waals surface area contributed by atoms with Crippen LogP contribution in [0.2, 0.25) is 0 Å². The number of carbonyl (C=O) groups excluding carboxylic acids is 3. The van der Waals surface area contributed by atoms with Crippen LogP contribution in [0.5, 0.6) is 0 Å². The molecule has 6 heteroatoms. The highest BCUT2D eigenvalue weighted by Gasteiger charge is 2.49. The lowest BCUT2D eigenvalue weighted by molar-refractivity contribution is -0.143. The smallest absolute Gasteiger partial charge is 0.247 e. The minimum absolute atomic E-state index is 0.0614. The molecule has 0 unspecified atom stereocenters. The lowest BCUT2D eigenvalue weighted by Gasteiger charge is -2.40. The van der Waals surface area contributed by atoms with Gasteiger partial charge >= 0.3 is 0 Å². The number of likely N-dealkylation sites (tertiary alicyclic amines) is 1. The number of carbonyl (C=O) groups is 3. The van der Waals surface area contributed by atoms with E-state index in [0.29, 0.717) is 0 Å². The van der Waals surface area contributed by atoms with Crippen LogP contribution in [0.4, 0.5) is 11.4 Å². The maximum absolute atomic E-state index is 13.4. The van der Waals surface area contributed by atoms with Crippen molar-refractivity contribution in [1.82, 2.24) is 4.90 Å². The molecule has 2 fully saturated rings. The summed E-state index contributed by atoms with van der Waals surface area (Å²) in [5.41, 5.74) is 2.94. The van der Waals surface area contributed by atoms with E-state index in [-0.39, 0.29) is 48.2 Å². The molecule has 0 aromatic heterocycles. The molecule has 32 heavy (non-hydrogen) atoms. The molecule has 4 atom stereocenters. The van der Waals surface area contributed by atoms with Gasteiger partial charge in [0.15, 0.2) is 0 Å². The number of hydrogen-bond donors (Lipinski definition) is 1. The Kier molecular flexibility index (Phi) is 5.45. The van der Waals surface area contributed by atoms with E-state index in [0.717, 1.165) is 49.0 Å². The Bertz CT molecular complexity index is 1010. The molecular formula is C26H29N3O3. The van der Waals surface area contributed by atoms with E-state index in [4.69, 9.17) is 0 Å². The number of para-hydroxylation sites is 2. The average Bonchev–Trinajstić information content (AvgIpc) is 3.05. The molecule has 166 valence electrons. The summed E-state index contributed by atoms with van der Waals surface area (Å²) in [5, 5.41) is 3.59. The zero-order chi connectivity index (χ0) is 22.2. The summed E-state index contributed by atoms with van der Waals surface area (Å²) in [7, 11) is 0. The summed E-state index contributed by atoms with van der Waals surface area (Å²) in [6.07, 6.45) is 4.22. The van der Waals surface area contributed by atoms with Crippen LogP contribution in [-0.4, -0.2) is 35.2 Å². The summed E-state index contributed by atoms with van der Waals surface area (Å²) in [4.78, 5) is 42.2. The van der Waals surface area contributed by atoms with Crippen molar-refractivity contribution < 1.29 is 14.4 Å². The van der Waals surface area contributed by atoms with E-state index < -0.39 is 0 Å². The minimum atomic E-state index is -0.227. The highest BCUT2D eigenvalue weighted by molar-refractivity contribution is 6.09. The van der Waals surface area contributed by atoms with Gasteiger partial charge in [-0.15, -0.1) is 0 Å². The fourth-order valence-electron chi connectivity index (χ4n) is 5.66. The molecule has 1 N–H and O–H groups in total. The molecule has 2 aromatic carbocycles. The summed E-state index contributed by atoms with van der Waals surface area (Å²) in [6.45, 7) is 1.86. The van der Waals surface area contributed by atoms with Crippen molar-refractivity contribution in [2.75, 3.05) is 16.8 Å². The van der Waals surface area contributed by atoms with Crippen molar-refractivity contribution in [1.29, 1.82) is 0 Å². The number of imide groups is 1. The predicted molar refractivity (Wildman–Crippen MR) is 123 cm³/mol. The van der Waals surface area contributed by atoms with Gasteiger partial charge in [0.25, 0.3) is 0 Å². The SMILES string of the molecule is C[C@@H]1C[C@@H](Nc2ccccc2)c2ccccc2N1C(=O)CN1C(=O)[C@H]2CCCC[C@@H]2C1=O. The number of hydrogen-bond acceptors (Lipinski definition) is 4. The topological polar surface area (TPSA) is 69.7 Å². The molecule has 0 bridgehead atoms. The number of benzene rings is 2. The lowest BCUT2D eigenvalue weighted by atomic mass is 9.81. The van der Waals surface area contributed by atoms with E-state index >= 15 is 0 Å². The van der Waals surface area contributed by atoms with E-state index in [1.165, 1.54) is 4.90 Å². The van der Waals surface area contributed by atoms with Gasteiger partial charge in [-0.05, 0) is 49.9 Å². The van der Waals surface area contributed by atoms with Gasteiger partial charge in [-0.2, -0.15) is 0 Å². The van der Waals surface area contributed by atoms with E-state index in [2.05, 4.69) is 5.32 Å². The normalized spacial score (nSPS) is 27.2. The second-order valence-corrected chi connectivity index (χ2v) is 9.23. The number of anilines is 2. The molecule has 1 saturated heterocycles. The van der Waals surface area contributed by atoms with Gasteiger partial charge in [-0.25, -0.2) is 0 Å². The van der Waals surface area contributed by atoms with Gasteiger partial charge < -0.3 is 10.2 Å². The summed E-state index contributed by atoms with van der Waals surface area (Å²) >= 11 is 0. The van der Waals surface area contributed by atoms with Crippen LogP contribution in [0.15, 0.2) is 54.6 Å². The van der Waals surface area contributed by atoms with Crippen molar-refractivity contribution in [3.63, 3.8) is 0 Å². The van der Waals surface area contributed by atoms with Crippen LogP contribution in [0, 0.1) is 11.8 Å². The Morgan fingerprint density at radius 2 is 1.56 bits per heavy atom. The minimum Gasteiger partial charge on any atom is -0.378 e. The molecule has 1 saturated carbocycles. The summed E-state index contributed by atoms with van der Waals surface area (Å²) in [5.74, 6) is -0.961. The molecule has 2 heterocycles. The van der Waals surface area contributed by atoms with Crippen molar-refractivity contribution in [2.45, 2.75) is 51.1 Å². The Balaban J connectivity index is 1.38. The van der Waals surface area contributed by atoms with Crippen LogP contribution in [0.25, 0.3) is 0 Å². The van der Waals surface area contributed by atoms with Gasteiger partial charge in [-0.1, -0.05) is 49.2 Å². The molecule has 3 amide bonds. The van der Waals surface area contributed by atoms with Crippen LogP contribution >= 0.6 is 0 Å². The van der Waals surface area contributed by atoms with Crippen LogP contribution in [-0.2, 0) is 14.4 Å². The first-order valence-corrected chi connectivity index (χ1v) is 11.6. The van der Waals surface area contributed by atoms with Gasteiger partial charge in [-0.3, -0.25) is 19.3 Å². The zero-order valence-corrected chi connectivity index (χ0v) is 18.4. The molecule has 2 aromatic rings. The Hall–Kier alpha value is -3.15. The standard InChI is InChI=1S/C26H29N3O3/c1-17-15-22(27-18-9-3-2-4-10-18)21-13-7-8-14-23(21)29(17)24(30)16-28-25(31)19-11-5-6-12-20(19)26(28)32/h2-4,7-10,13-14,17,19-20,22,27H,5-6,11-12,15-16H2,1H3/t17-,19+,20+,22-/m1/s1. The summed E-state index contributed by atoms with van der Waals surface area (Å²) in [6, 6.07) is 18.0. The molecule has 6 nitrogen and oxygen atoms in total. The molecule has 2 aliphatic heterocycles. The first-order valence-electron chi connectivity index (χ1n) is 11.6. The first-order chi connectivity index (χ1) is 15.5. The molecule has 5 rings (SSSR count). The number of nitrogens with zero attached hydrogens (tertiary/aromatic N) is 2. The summed E-state index contributed by atoms with van der Waals surface area (Å²) < 4.78 is 0. The number of fused-ring (bicyclic) bond motifs is 2. The first kappa shape index (κ1) is 20.7.